The summed E-state index contributed by atoms with van der Waals surface area (Å²) >= 11 is 1.46. The van der Waals surface area contributed by atoms with Crippen molar-refractivity contribution in [2.75, 3.05) is 31.1 Å². The highest BCUT2D eigenvalue weighted by Gasteiger charge is 2.38. The minimum absolute atomic E-state index is 0.241. The topological polar surface area (TPSA) is 78.4 Å². The molecule has 7 nitrogen and oxygen atoms in total. The highest BCUT2D eigenvalue weighted by Crippen LogP contribution is 2.34. The van der Waals surface area contributed by atoms with Crippen LogP contribution in [0, 0.1) is 0 Å². The molecule has 0 bridgehead atoms. The van der Waals surface area contributed by atoms with Crippen molar-refractivity contribution in [2.45, 2.75) is 12.7 Å². The van der Waals surface area contributed by atoms with Crippen LogP contribution < -0.4 is 10.2 Å². The molecule has 4 heterocycles. The number of hydrogen-bond donors (Lipinski definition) is 1. The lowest BCUT2D eigenvalue weighted by atomic mass is 10.1. The Bertz CT molecular complexity index is 1270. The van der Waals surface area contributed by atoms with Gasteiger partial charge in [-0.1, -0.05) is 12.1 Å². The van der Waals surface area contributed by atoms with Crippen molar-refractivity contribution >= 4 is 29.0 Å². The number of aromatic nitrogens is 2. The highest BCUT2D eigenvalue weighted by atomic mass is 32.1. The number of hydrogen-bond acceptors (Lipinski definition) is 6. The van der Waals surface area contributed by atoms with Crippen LogP contribution in [0.5, 0.6) is 0 Å². The molecule has 11 heteroatoms. The Morgan fingerprint density at radius 1 is 1.00 bits per heavy atom. The normalized spacial score (nSPS) is 15.5. The largest absolute Gasteiger partial charge is 0.417 e. The Labute approximate surface area is 202 Å². The summed E-state index contributed by atoms with van der Waals surface area (Å²) in [4.78, 5) is 37.2. The molecule has 3 aromatic rings. The Hall–Kier alpha value is -3.73. The van der Waals surface area contributed by atoms with Gasteiger partial charge in [-0.05, 0) is 35.4 Å². The number of carbonyl (C=O) groups excluding carboxylic acids is 2. The van der Waals surface area contributed by atoms with Gasteiger partial charge in [-0.15, -0.1) is 11.3 Å². The van der Waals surface area contributed by atoms with Gasteiger partial charge in [0, 0.05) is 44.0 Å². The van der Waals surface area contributed by atoms with E-state index in [-0.39, 0.29) is 24.6 Å². The van der Waals surface area contributed by atoms with Crippen LogP contribution in [0.2, 0.25) is 0 Å². The van der Waals surface area contributed by atoms with Gasteiger partial charge in [0.25, 0.3) is 11.8 Å². The smallest absolute Gasteiger partial charge is 0.348 e. The van der Waals surface area contributed by atoms with Gasteiger partial charge in [-0.25, -0.2) is 9.97 Å². The summed E-state index contributed by atoms with van der Waals surface area (Å²) in [6, 6.07) is 8.34. The summed E-state index contributed by atoms with van der Waals surface area (Å²) in [6.45, 7) is 1.98. The van der Waals surface area contributed by atoms with E-state index in [2.05, 4.69) is 15.3 Å². The average Bonchev–Trinajstić information content (AvgIpc) is 3.58. The van der Waals surface area contributed by atoms with Gasteiger partial charge in [-0.2, -0.15) is 13.2 Å². The van der Waals surface area contributed by atoms with E-state index in [1.807, 2.05) is 10.3 Å². The minimum atomic E-state index is -4.59. The fourth-order valence-corrected chi connectivity index (χ4v) is 4.83. The summed E-state index contributed by atoms with van der Waals surface area (Å²) in [5, 5.41) is 5.46. The van der Waals surface area contributed by atoms with Gasteiger partial charge in [0.05, 0.1) is 23.2 Å². The van der Waals surface area contributed by atoms with Crippen molar-refractivity contribution in [3.63, 3.8) is 0 Å². The van der Waals surface area contributed by atoms with E-state index in [4.69, 9.17) is 0 Å². The van der Waals surface area contributed by atoms with E-state index in [0.717, 1.165) is 22.2 Å². The molecule has 0 atom stereocenters. The van der Waals surface area contributed by atoms with Crippen LogP contribution >= 0.6 is 11.3 Å². The number of amides is 2. The molecule has 0 unspecified atom stereocenters. The van der Waals surface area contributed by atoms with E-state index in [1.165, 1.54) is 40.6 Å². The van der Waals surface area contributed by atoms with Crippen molar-refractivity contribution in [2.24, 2.45) is 0 Å². The number of anilines is 1. The summed E-state index contributed by atoms with van der Waals surface area (Å²) < 4.78 is 40.0. The molecule has 1 aromatic carbocycles. The molecule has 2 aliphatic heterocycles. The molecule has 0 spiro atoms. The molecular weight excluding hydrogens is 479 g/mol. The summed E-state index contributed by atoms with van der Waals surface area (Å²) in [6.07, 6.45) is -1.39. The second kappa shape index (κ2) is 9.14. The van der Waals surface area contributed by atoms with E-state index < -0.39 is 17.6 Å². The van der Waals surface area contributed by atoms with Crippen molar-refractivity contribution in [3.05, 3.63) is 87.0 Å². The third-order valence-electron chi connectivity index (χ3n) is 5.99. The van der Waals surface area contributed by atoms with E-state index in [1.54, 1.807) is 18.3 Å². The first kappa shape index (κ1) is 23.0. The molecule has 2 aromatic heterocycles. The van der Waals surface area contributed by atoms with E-state index in [9.17, 15) is 22.8 Å². The number of rotatable bonds is 5. The first-order chi connectivity index (χ1) is 16.8. The van der Waals surface area contributed by atoms with Gasteiger partial charge in [0.1, 0.15) is 10.8 Å². The number of halogens is 3. The summed E-state index contributed by atoms with van der Waals surface area (Å²) in [5.74, 6) is -0.170. The molecule has 2 aliphatic rings. The zero-order chi connectivity index (χ0) is 24.6. The quantitative estimate of drug-likeness (QED) is 0.541. The lowest BCUT2D eigenvalue weighted by Crippen LogP contribution is -2.35. The maximum atomic E-state index is 13.3. The molecule has 35 heavy (non-hydrogen) atoms. The second-order valence-electron chi connectivity index (χ2n) is 8.28. The molecule has 0 fully saturated rings. The number of carbonyl (C=O) groups is 2. The van der Waals surface area contributed by atoms with Crippen LogP contribution in [-0.2, 0) is 12.7 Å². The molecule has 0 saturated carbocycles. The Morgan fingerprint density at radius 3 is 2.37 bits per heavy atom. The number of pyridine rings is 1. The maximum absolute atomic E-state index is 13.3. The van der Waals surface area contributed by atoms with Gasteiger partial charge >= 0.3 is 6.18 Å². The average molecular weight is 500 g/mol. The fourth-order valence-electron chi connectivity index (χ4n) is 4.28. The number of nitrogens with zero attached hydrogens (tertiary/aromatic N) is 4. The Balaban J connectivity index is 1.19. The Morgan fingerprint density at radius 2 is 1.74 bits per heavy atom. The zero-order valence-corrected chi connectivity index (χ0v) is 19.2. The van der Waals surface area contributed by atoms with Gasteiger partial charge in [-0.3, -0.25) is 9.59 Å². The lowest BCUT2D eigenvalue weighted by Gasteiger charge is -2.24. The minimum Gasteiger partial charge on any atom is -0.348 e. The predicted molar refractivity (Wildman–Crippen MR) is 124 cm³/mol. The third-order valence-corrected chi connectivity index (χ3v) is 6.77. The number of alkyl halides is 3. The van der Waals surface area contributed by atoms with Crippen molar-refractivity contribution in [1.82, 2.24) is 20.2 Å². The van der Waals surface area contributed by atoms with E-state index >= 15 is 0 Å². The van der Waals surface area contributed by atoms with Crippen molar-refractivity contribution < 1.29 is 22.8 Å². The molecule has 0 aliphatic carbocycles. The van der Waals surface area contributed by atoms with Crippen LogP contribution in [0.15, 0.2) is 65.3 Å². The van der Waals surface area contributed by atoms with Crippen LogP contribution in [0.3, 0.4) is 0 Å². The second-order valence-corrected chi connectivity index (χ2v) is 9.26. The SMILES string of the molecule is O=C(NCc1nccs1)c1ccc(N2CC3=C(CN(C(=O)c4ccccc4C(F)(F)F)C3)C2)nc1. The molecule has 5 rings (SSSR count). The molecule has 0 radical (unpaired) electrons. The van der Waals surface area contributed by atoms with Crippen LogP contribution in [-0.4, -0.2) is 52.9 Å². The maximum Gasteiger partial charge on any atom is 0.417 e. The predicted octanol–water partition coefficient (Wildman–Crippen LogP) is 3.76. The van der Waals surface area contributed by atoms with E-state index in [0.29, 0.717) is 31.0 Å². The van der Waals surface area contributed by atoms with Gasteiger partial charge in [0.2, 0.25) is 0 Å². The van der Waals surface area contributed by atoms with Crippen molar-refractivity contribution in [1.29, 1.82) is 0 Å². The summed E-state index contributed by atoms with van der Waals surface area (Å²) in [7, 11) is 0. The lowest BCUT2D eigenvalue weighted by molar-refractivity contribution is -0.138. The van der Waals surface area contributed by atoms with Gasteiger partial charge in [0.15, 0.2) is 0 Å². The number of benzene rings is 1. The van der Waals surface area contributed by atoms with Gasteiger partial charge < -0.3 is 15.1 Å². The van der Waals surface area contributed by atoms with Crippen molar-refractivity contribution in [3.8, 4) is 0 Å². The zero-order valence-electron chi connectivity index (χ0n) is 18.4. The molecule has 180 valence electrons. The number of thiazole rings is 1. The fraction of sp³-hybridized carbons (Fsp3) is 0.250. The standard InChI is InChI=1S/C24H20F3N5O2S/c25-24(26,27)19-4-2-1-3-18(19)23(34)32-13-16-11-31(12-17(16)14-32)20-6-5-15(9-29-20)22(33)30-10-21-28-7-8-35-21/h1-9H,10-14H2,(H,30,33). The first-order valence-electron chi connectivity index (χ1n) is 10.8. The van der Waals surface area contributed by atoms with Crippen LogP contribution in [0.4, 0.5) is 19.0 Å². The molecule has 0 saturated heterocycles. The van der Waals surface area contributed by atoms with Crippen LogP contribution in [0.1, 0.15) is 31.3 Å². The highest BCUT2D eigenvalue weighted by molar-refractivity contribution is 7.09. The molecule has 2 amide bonds. The number of nitrogens with one attached hydrogen (secondary N) is 1. The third kappa shape index (κ3) is 4.76. The molecule has 1 N–H and O–H groups in total. The van der Waals surface area contributed by atoms with Crippen LogP contribution in [0.25, 0.3) is 0 Å². The summed E-state index contributed by atoms with van der Waals surface area (Å²) in [5.41, 5.74) is 1.21. The monoisotopic (exact) mass is 499 g/mol. The molecular formula is C24H20F3N5O2S. The first-order valence-corrected chi connectivity index (χ1v) is 11.7. The Kier molecular flexibility index (Phi) is 6.01.